The van der Waals surface area contributed by atoms with Gasteiger partial charge in [-0.2, -0.15) is 0 Å². The summed E-state index contributed by atoms with van der Waals surface area (Å²) in [6.45, 7) is 8.86. The minimum atomic E-state index is -0.399. The van der Waals surface area contributed by atoms with E-state index < -0.39 is 5.97 Å². The SMILES string of the molecule is CCOCCOC(=O)CCC(=O)OC(C)C(C)C. The molecular weight excluding hydrogens is 236 g/mol. The van der Waals surface area contributed by atoms with Crippen molar-refractivity contribution in [2.75, 3.05) is 19.8 Å². The lowest BCUT2D eigenvalue weighted by molar-refractivity contribution is -0.155. The average molecular weight is 260 g/mol. The van der Waals surface area contributed by atoms with Gasteiger partial charge in [0.1, 0.15) is 12.7 Å². The molecule has 0 rings (SSSR count). The highest BCUT2D eigenvalue weighted by atomic mass is 16.6. The number of hydrogen-bond donors (Lipinski definition) is 0. The van der Waals surface area contributed by atoms with E-state index in [1.807, 2.05) is 27.7 Å². The van der Waals surface area contributed by atoms with Gasteiger partial charge < -0.3 is 14.2 Å². The smallest absolute Gasteiger partial charge is 0.306 e. The Morgan fingerprint density at radius 3 is 2.17 bits per heavy atom. The van der Waals surface area contributed by atoms with E-state index >= 15 is 0 Å². The molecule has 0 saturated heterocycles. The Labute approximate surface area is 109 Å². The molecule has 0 aliphatic heterocycles. The number of carbonyl (C=O) groups excluding carboxylic acids is 2. The summed E-state index contributed by atoms with van der Waals surface area (Å²) in [4.78, 5) is 22.6. The fourth-order valence-electron chi connectivity index (χ4n) is 1.04. The van der Waals surface area contributed by atoms with E-state index in [0.29, 0.717) is 13.2 Å². The summed E-state index contributed by atoms with van der Waals surface area (Å²) in [6.07, 6.45) is -0.0215. The van der Waals surface area contributed by atoms with Crippen molar-refractivity contribution < 1.29 is 23.8 Å². The molecule has 5 heteroatoms. The van der Waals surface area contributed by atoms with Crippen LogP contribution in [0.5, 0.6) is 0 Å². The highest BCUT2D eigenvalue weighted by Crippen LogP contribution is 2.07. The van der Waals surface area contributed by atoms with E-state index in [-0.39, 0.29) is 37.4 Å². The molecule has 0 fully saturated rings. The lowest BCUT2D eigenvalue weighted by Crippen LogP contribution is -2.21. The zero-order valence-corrected chi connectivity index (χ0v) is 11.7. The number of hydrogen-bond acceptors (Lipinski definition) is 5. The van der Waals surface area contributed by atoms with Crippen molar-refractivity contribution in [3.63, 3.8) is 0 Å². The van der Waals surface area contributed by atoms with Gasteiger partial charge in [0.2, 0.25) is 0 Å². The first-order valence-corrected chi connectivity index (χ1v) is 6.40. The van der Waals surface area contributed by atoms with Crippen molar-refractivity contribution >= 4 is 11.9 Å². The first kappa shape index (κ1) is 16.9. The highest BCUT2D eigenvalue weighted by molar-refractivity contribution is 5.77. The predicted molar refractivity (Wildman–Crippen MR) is 67.1 cm³/mol. The second-order valence-corrected chi connectivity index (χ2v) is 4.36. The van der Waals surface area contributed by atoms with Gasteiger partial charge in [-0.1, -0.05) is 13.8 Å². The summed E-state index contributed by atoms with van der Waals surface area (Å²) in [6, 6.07) is 0. The van der Waals surface area contributed by atoms with Crippen LogP contribution in [-0.4, -0.2) is 37.9 Å². The van der Waals surface area contributed by atoms with Gasteiger partial charge in [0.15, 0.2) is 0 Å². The molecule has 5 nitrogen and oxygen atoms in total. The van der Waals surface area contributed by atoms with Gasteiger partial charge in [-0.05, 0) is 19.8 Å². The van der Waals surface area contributed by atoms with Crippen LogP contribution in [0.3, 0.4) is 0 Å². The Hall–Kier alpha value is -1.10. The summed E-state index contributed by atoms with van der Waals surface area (Å²) in [5.41, 5.74) is 0. The summed E-state index contributed by atoms with van der Waals surface area (Å²) in [5, 5.41) is 0. The van der Waals surface area contributed by atoms with Gasteiger partial charge in [-0.25, -0.2) is 0 Å². The summed E-state index contributed by atoms with van der Waals surface area (Å²) < 4.78 is 15.0. The Bertz CT molecular complexity index is 250. The summed E-state index contributed by atoms with van der Waals surface area (Å²) in [5.74, 6) is -0.492. The van der Waals surface area contributed by atoms with Gasteiger partial charge in [0.05, 0.1) is 19.4 Å². The molecule has 0 aromatic carbocycles. The second-order valence-electron chi connectivity index (χ2n) is 4.36. The van der Waals surface area contributed by atoms with Crippen molar-refractivity contribution in [3.8, 4) is 0 Å². The molecular formula is C13H24O5. The van der Waals surface area contributed by atoms with Crippen molar-refractivity contribution in [2.24, 2.45) is 5.92 Å². The molecule has 0 aliphatic carbocycles. The zero-order valence-electron chi connectivity index (χ0n) is 11.7. The monoisotopic (exact) mass is 260 g/mol. The molecule has 0 aromatic heterocycles. The van der Waals surface area contributed by atoms with Crippen molar-refractivity contribution in [1.82, 2.24) is 0 Å². The fourth-order valence-corrected chi connectivity index (χ4v) is 1.04. The molecule has 0 aliphatic rings. The van der Waals surface area contributed by atoms with Crippen LogP contribution in [-0.2, 0) is 23.8 Å². The minimum Gasteiger partial charge on any atom is -0.463 e. The lowest BCUT2D eigenvalue weighted by atomic mass is 10.1. The number of esters is 2. The van der Waals surface area contributed by atoms with Crippen LogP contribution < -0.4 is 0 Å². The van der Waals surface area contributed by atoms with E-state index in [2.05, 4.69) is 0 Å². The molecule has 0 aromatic rings. The molecule has 106 valence electrons. The third-order valence-electron chi connectivity index (χ3n) is 2.48. The van der Waals surface area contributed by atoms with Gasteiger partial charge in [-0.3, -0.25) is 9.59 Å². The highest BCUT2D eigenvalue weighted by Gasteiger charge is 2.14. The third-order valence-corrected chi connectivity index (χ3v) is 2.48. The number of ether oxygens (including phenoxy) is 3. The van der Waals surface area contributed by atoms with Crippen LogP contribution in [0.25, 0.3) is 0 Å². The topological polar surface area (TPSA) is 61.8 Å². The van der Waals surface area contributed by atoms with Crippen molar-refractivity contribution in [1.29, 1.82) is 0 Å². The Morgan fingerprint density at radius 2 is 1.61 bits per heavy atom. The fraction of sp³-hybridized carbons (Fsp3) is 0.846. The largest absolute Gasteiger partial charge is 0.463 e. The van der Waals surface area contributed by atoms with E-state index in [4.69, 9.17) is 14.2 Å². The minimum absolute atomic E-state index is 0.0514. The standard InChI is InChI=1S/C13H24O5/c1-5-16-8-9-17-12(14)6-7-13(15)18-11(4)10(2)3/h10-11H,5-9H2,1-4H3. The number of rotatable bonds is 9. The molecule has 1 unspecified atom stereocenters. The van der Waals surface area contributed by atoms with Gasteiger partial charge in [0.25, 0.3) is 0 Å². The Balaban J connectivity index is 3.62. The second kappa shape index (κ2) is 9.88. The molecule has 0 N–H and O–H groups in total. The molecule has 0 amide bonds. The van der Waals surface area contributed by atoms with Crippen LogP contribution in [0.1, 0.15) is 40.5 Å². The van der Waals surface area contributed by atoms with Crippen LogP contribution in [0.15, 0.2) is 0 Å². The normalized spacial score (nSPS) is 12.3. The van der Waals surface area contributed by atoms with Crippen LogP contribution in [0, 0.1) is 5.92 Å². The first-order valence-electron chi connectivity index (χ1n) is 6.40. The van der Waals surface area contributed by atoms with Gasteiger partial charge in [0, 0.05) is 6.61 Å². The van der Waals surface area contributed by atoms with E-state index in [1.165, 1.54) is 0 Å². The Kier molecular flexibility index (Phi) is 9.28. The number of carbonyl (C=O) groups is 2. The maximum absolute atomic E-state index is 11.4. The van der Waals surface area contributed by atoms with Crippen molar-refractivity contribution in [3.05, 3.63) is 0 Å². The molecule has 0 heterocycles. The van der Waals surface area contributed by atoms with Crippen LogP contribution in [0.2, 0.25) is 0 Å². The molecule has 0 spiro atoms. The Morgan fingerprint density at radius 1 is 1.00 bits per heavy atom. The summed E-state index contributed by atoms with van der Waals surface area (Å²) in [7, 11) is 0. The van der Waals surface area contributed by atoms with Gasteiger partial charge in [-0.15, -0.1) is 0 Å². The van der Waals surface area contributed by atoms with Gasteiger partial charge >= 0.3 is 11.9 Å². The van der Waals surface area contributed by atoms with Crippen LogP contribution in [0.4, 0.5) is 0 Å². The summed E-state index contributed by atoms with van der Waals surface area (Å²) >= 11 is 0. The third kappa shape index (κ3) is 8.98. The van der Waals surface area contributed by atoms with E-state index in [9.17, 15) is 9.59 Å². The maximum Gasteiger partial charge on any atom is 0.306 e. The molecule has 0 saturated carbocycles. The first-order chi connectivity index (χ1) is 8.47. The molecule has 1 atom stereocenters. The van der Waals surface area contributed by atoms with Crippen molar-refractivity contribution in [2.45, 2.75) is 46.6 Å². The quantitative estimate of drug-likeness (QED) is 0.468. The average Bonchev–Trinajstić information content (AvgIpc) is 2.32. The van der Waals surface area contributed by atoms with E-state index in [1.54, 1.807) is 0 Å². The molecule has 0 bridgehead atoms. The molecule has 0 radical (unpaired) electrons. The predicted octanol–water partition coefficient (Wildman–Crippen LogP) is 1.93. The molecule has 18 heavy (non-hydrogen) atoms. The maximum atomic E-state index is 11.4. The van der Waals surface area contributed by atoms with Crippen LogP contribution >= 0.6 is 0 Å². The van der Waals surface area contributed by atoms with E-state index in [0.717, 1.165) is 0 Å². The zero-order chi connectivity index (χ0) is 14.0. The lowest BCUT2D eigenvalue weighted by Gasteiger charge is -2.16.